The van der Waals surface area contributed by atoms with Gasteiger partial charge in [-0.05, 0) is 42.7 Å². The number of hydrogen-bond donors (Lipinski definition) is 3. The molecule has 0 amide bonds. The van der Waals surface area contributed by atoms with Crippen LogP contribution in [0.25, 0.3) is 10.9 Å². The summed E-state index contributed by atoms with van der Waals surface area (Å²) in [5.41, 5.74) is 1.17. The van der Waals surface area contributed by atoms with Crippen LogP contribution in [0.3, 0.4) is 0 Å². The number of nitrogens with zero attached hydrogens (tertiary/aromatic N) is 1. The number of benzene rings is 2. The van der Waals surface area contributed by atoms with Gasteiger partial charge in [0, 0.05) is 36.7 Å². The number of H-pyrrole nitrogens is 1. The number of aliphatic hydroxyl groups is 2. The molecule has 1 unspecified atom stereocenters. The van der Waals surface area contributed by atoms with E-state index in [9.17, 15) is 10.2 Å². The van der Waals surface area contributed by atoms with Crippen molar-refractivity contribution in [3.8, 4) is 11.5 Å². The van der Waals surface area contributed by atoms with E-state index < -0.39 is 11.7 Å². The molecule has 1 aliphatic rings. The second kappa shape index (κ2) is 10.9. The maximum absolute atomic E-state index is 11.3. The average Bonchev–Trinajstić information content (AvgIpc) is 3.27. The molecule has 7 heteroatoms. The fraction of sp³-hybridized carbons (Fsp3) is 0.360. The molecule has 32 heavy (non-hydrogen) atoms. The van der Waals surface area contributed by atoms with E-state index in [0.29, 0.717) is 50.6 Å². The zero-order valence-electron chi connectivity index (χ0n) is 18.1. The number of aromatic nitrogens is 1. The number of nitrogens with one attached hydrogen (secondary N) is 1. The minimum Gasteiger partial charge on any atom is -0.487 e. The molecule has 0 saturated carbocycles. The largest absolute Gasteiger partial charge is 0.487 e. The van der Waals surface area contributed by atoms with E-state index in [1.807, 2.05) is 54.7 Å². The van der Waals surface area contributed by atoms with Crippen LogP contribution in [0, 0.1) is 0 Å². The summed E-state index contributed by atoms with van der Waals surface area (Å²) in [5, 5.41) is 22.9. The Morgan fingerprint density at radius 1 is 1.06 bits per heavy atom. The predicted molar refractivity (Wildman–Crippen MR) is 129 cm³/mol. The van der Waals surface area contributed by atoms with E-state index in [1.165, 1.54) is 0 Å². The van der Waals surface area contributed by atoms with Gasteiger partial charge >= 0.3 is 0 Å². The Bertz CT molecular complexity index is 1010. The molecule has 3 aromatic rings. The van der Waals surface area contributed by atoms with Crippen LogP contribution < -0.4 is 9.47 Å². The number of likely N-dealkylation sites (tertiary alicyclic amines) is 1. The van der Waals surface area contributed by atoms with Gasteiger partial charge in [-0.25, -0.2) is 0 Å². The normalized spacial score (nSPS) is 16.8. The van der Waals surface area contributed by atoms with Crippen LogP contribution >= 0.6 is 12.4 Å². The average molecular weight is 459 g/mol. The number of hydrogen-bond acceptors (Lipinski definition) is 5. The Kier molecular flexibility index (Phi) is 8.21. The van der Waals surface area contributed by atoms with Crippen molar-refractivity contribution >= 4 is 23.3 Å². The van der Waals surface area contributed by atoms with Crippen molar-refractivity contribution in [1.82, 2.24) is 9.88 Å². The Morgan fingerprint density at radius 2 is 1.78 bits per heavy atom. The predicted octanol–water partition coefficient (Wildman–Crippen LogP) is 3.88. The molecule has 0 bridgehead atoms. The van der Waals surface area contributed by atoms with Crippen LogP contribution in [0.1, 0.15) is 18.4 Å². The zero-order valence-corrected chi connectivity index (χ0v) is 18.9. The number of para-hydroxylation sites is 2. The second-order valence-electron chi connectivity index (χ2n) is 8.09. The molecule has 4 rings (SSSR count). The maximum atomic E-state index is 11.3. The van der Waals surface area contributed by atoms with Gasteiger partial charge in [-0.15, -0.1) is 12.4 Å². The summed E-state index contributed by atoms with van der Waals surface area (Å²) in [5.74, 6) is 1.24. The maximum Gasteiger partial charge on any atom is 0.161 e. The fourth-order valence-corrected chi connectivity index (χ4v) is 4.24. The first kappa shape index (κ1) is 24.1. The van der Waals surface area contributed by atoms with E-state index in [-0.39, 0.29) is 19.0 Å². The number of ether oxygens (including phenoxy) is 2. The van der Waals surface area contributed by atoms with Gasteiger partial charge in [0.1, 0.15) is 19.3 Å². The molecule has 0 aliphatic carbocycles. The molecular formula is C25H31ClN2O4. The van der Waals surface area contributed by atoms with Gasteiger partial charge in [0.15, 0.2) is 11.5 Å². The van der Waals surface area contributed by atoms with Gasteiger partial charge < -0.3 is 29.6 Å². The van der Waals surface area contributed by atoms with Crippen molar-refractivity contribution in [2.45, 2.75) is 24.5 Å². The molecule has 172 valence electrons. The molecule has 6 nitrogen and oxygen atoms in total. The lowest BCUT2D eigenvalue weighted by molar-refractivity contribution is -0.0363. The molecule has 0 radical (unpaired) electrons. The van der Waals surface area contributed by atoms with E-state index in [1.54, 1.807) is 6.08 Å². The molecule has 1 aliphatic heterocycles. The molecule has 0 spiro atoms. The smallest absolute Gasteiger partial charge is 0.161 e. The third-order valence-corrected chi connectivity index (χ3v) is 5.89. The third kappa shape index (κ3) is 5.45. The Hall–Kier alpha value is -2.51. The first-order chi connectivity index (χ1) is 15.1. The minimum absolute atomic E-state index is 0. The summed E-state index contributed by atoms with van der Waals surface area (Å²) in [6, 6.07) is 15.5. The second-order valence-corrected chi connectivity index (χ2v) is 8.09. The molecule has 1 aromatic heterocycles. The number of halogens is 1. The fourth-order valence-electron chi connectivity index (χ4n) is 4.24. The first-order valence-electron chi connectivity index (χ1n) is 10.7. The summed E-state index contributed by atoms with van der Waals surface area (Å²) in [6.07, 6.45) is 4.21. The number of fused-ring (bicyclic) bond motifs is 1. The highest BCUT2D eigenvalue weighted by Crippen LogP contribution is 2.36. The monoisotopic (exact) mass is 458 g/mol. The van der Waals surface area contributed by atoms with Crippen LogP contribution in [-0.2, 0) is 5.60 Å². The standard InChI is InChI=1S/C25H30N2O4.ClH/c1-2-16-30-23-8-3-4-9-24(23)31-18-19(28)17-27-14-11-25(29,12-15-27)21-6-5-7-22-20(21)10-13-26-22;/h2-10,13,19,26,28-29H,1,11-12,14-18H2;1H. The lowest BCUT2D eigenvalue weighted by Gasteiger charge is -2.39. The van der Waals surface area contributed by atoms with E-state index >= 15 is 0 Å². The summed E-state index contributed by atoms with van der Waals surface area (Å²) >= 11 is 0. The van der Waals surface area contributed by atoms with E-state index in [2.05, 4.69) is 16.5 Å². The number of β-amino-alcohol motifs (C(OH)–C–C–N with tert-alkyl or cyclic N) is 1. The number of rotatable bonds is 9. The lowest BCUT2D eigenvalue weighted by Crippen LogP contribution is -2.46. The van der Waals surface area contributed by atoms with Crippen molar-refractivity contribution < 1.29 is 19.7 Å². The zero-order chi connectivity index (χ0) is 21.7. The van der Waals surface area contributed by atoms with Crippen molar-refractivity contribution in [2.24, 2.45) is 0 Å². The highest BCUT2D eigenvalue weighted by Gasteiger charge is 2.35. The molecular weight excluding hydrogens is 428 g/mol. The summed E-state index contributed by atoms with van der Waals surface area (Å²) in [7, 11) is 0. The Labute approximate surface area is 194 Å². The van der Waals surface area contributed by atoms with Crippen molar-refractivity contribution in [2.75, 3.05) is 32.8 Å². The van der Waals surface area contributed by atoms with Gasteiger partial charge in [-0.1, -0.05) is 36.9 Å². The summed E-state index contributed by atoms with van der Waals surface area (Å²) in [6.45, 7) is 6.16. The van der Waals surface area contributed by atoms with E-state index in [0.717, 1.165) is 16.5 Å². The van der Waals surface area contributed by atoms with Crippen LogP contribution in [-0.4, -0.2) is 59.0 Å². The quantitative estimate of drug-likeness (QED) is 0.424. The Morgan fingerprint density at radius 3 is 2.50 bits per heavy atom. The van der Waals surface area contributed by atoms with Gasteiger partial charge in [0.25, 0.3) is 0 Å². The van der Waals surface area contributed by atoms with Gasteiger partial charge in [0.05, 0.1) is 5.60 Å². The molecule has 3 N–H and O–H groups in total. The third-order valence-electron chi connectivity index (χ3n) is 5.89. The van der Waals surface area contributed by atoms with Crippen molar-refractivity contribution in [1.29, 1.82) is 0 Å². The van der Waals surface area contributed by atoms with Crippen molar-refractivity contribution in [3.63, 3.8) is 0 Å². The number of aromatic amines is 1. The van der Waals surface area contributed by atoms with Crippen LogP contribution in [0.4, 0.5) is 0 Å². The highest BCUT2D eigenvalue weighted by atomic mass is 35.5. The minimum atomic E-state index is -0.846. The first-order valence-corrected chi connectivity index (χ1v) is 10.7. The molecule has 2 aromatic carbocycles. The van der Waals surface area contributed by atoms with Gasteiger partial charge in [-0.2, -0.15) is 0 Å². The lowest BCUT2D eigenvalue weighted by atomic mass is 9.83. The van der Waals surface area contributed by atoms with Crippen LogP contribution in [0.15, 0.2) is 67.4 Å². The Balaban J connectivity index is 0.00000289. The molecule has 1 saturated heterocycles. The highest BCUT2D eigenvalue weighted by molar-refractivity contribution is 5.85. The summed E-state index contributed by atoms with van der Waals surface area (Å²) in [4.78, 5) is 5.39. The van der Waals surface area contributed by atoms with Gasteiger partial charge in [0.2, 0.25) is 0 Å². The van der Waals surface area contributed by atoms with E-state index in [4.69, 9.17) is 9.47 Å². The van der Waals surface area contributed by atoms with Crippen molar-refractivity contribution in [3.05, 3.63) is 72.9 Å². The number of piperidine rings is 1. The number of aliphatic hydroxyl groups excluding tert-OH is 1. The van der Waals surface area contributed by atoms with Gasteiger partial charge in [-0.3, -0.25) is 0 Å². The SMILES string of the molecule is C=CCOc1ccccc1OCC(O)CN1CCC(O)(c2cccc3[nH]ccc23)CC1.Cl. The summed E-state index contributed by atoms with van der Waals surface area (Å²) < 4.78 is 11.4. The van der Waals surface area contributed by atoms with Crippen LogP contribution in [0.5, 0.6) is 11.5 Å². The molecule has 1 atom stereocenters. The topological polar surface area (TPSA) is 77.9 Å². The molecule has 1 fully saturated rings. The van der Waals surface area contributed by atoms with Crippen LogP contribution in [0.2, 0.25) is 0 Å². The molecule has 2 heterocycles.